The van der Waals surface area contributed by atoms with Crippen LogP contribution >= 0.6 is 0 Å². The summed E-state index contributed by atoms with van der Waals surface area (Å²) in [4.78, 5) is 16.6. The van der Waals surface area contributed by atoms with Crippen LogP contribution in [0.2, 0.25) is 0 Å². The standard InChI is InChI=1S/C12H24N4O2/c1-4-12(5-2,10(13)14-18)11(17)16-8-6-15(3)7-9-16/h18H,4-9H2,1-3H3,(H2,13,14). The Bertz CT molecular complexity index is 318. The van der Waals surface area contributed by atoms with Crippen LogP contribution in [-0.2, 0) is 4.79 Å². The molecule has 1 fully saturated rings. The summed E-state index contributed by atoms with van der Waals surface area (Å²) in [5.74, 6) is 0.00679. The number of hydrogen-bond acceptors (Lipinski definition) is 4. The molecule has 0 aromatic carbocycles. The molecule has 1 saturated heterocycles. The van der Waals surface area contributed by atoms with Crippen molar-refractivity contribution in [3.05, 3.63) is 0 Å². The Morgan fingerprint density at radius 3 is 2.17 bits per heavy atom. The summed E-state index contributed by atoms with van der Waals surface area (Å²) in [7, 11) is 2.04. The number of piperazine rings is 1. The van der Waals surface area contributed by atoms with E-state index in [9.17, 15) is 4.79 Å². The third kappa shape index (κ3) is 2.58. The Labute approximate surface area is 108 Å². The topological polar surface area (TPSA) is 82.2 Å². The van der Waals surface area contributed by atoms with E-state index >= 15 is 0 Å². The van der Waals surface area contributed by atoms with Crippen LogP contribution in [0.4, 0.5) is 0 Å². The van der Waals surface area contributed by atoms with Gasteiger partial charge in [-0.05, 0) is 19.9 Å². The number of amidine groups is 1. The van der Waals surface area contributed by atoms with Gasteiger partial charge < -0.3 is 20.7 Å². The monoisotopic (exact) mass is 256 g/mol. The zero-order chi connectivity index (χ0) is 13.8. The quantitative estimate of drug-likeness (QED) is 0.328. The SMILES string of the molecule is CCC(CC)(C(=O)N1CCN(C)CC1)C(N)=NO. The fourth-order valence-corrected chi connectivity index (χ4v) is 2.43. The van der Waals surface area contributed by atoms with Gasteiger partial charge in [0, 0.05) is 26.2 Å². The predicted octanol–water partition coefficient (Wildman–Crippen LogP) is 0.313. The van der Waals surface area contributed by atoms with Gasteiger partial charge in [0.15, 0.2) is 5.84 Å². The van der Waals surface area contributed by atoms with E-state index in [4.69, 9.17) is 10.9 Å². The summed E-state index contributed by atoms with van der Waals surface area (Å²) in [5, 5.41) is 12.0. The molecule has 18 heavy (non-hydrogen) atoms. The number of rotatable bonds is 4. The first-order valence-corrected chi connectivity index (χ1v) is 6.47. The van der Waals surface area contributed by atoms with Crippen LogP contribution in [-0.4, -0.2) is 60.0 Å². The fraction of sp³-hybridized carbons (Fsp3) is 0.833. The Morgan fingerprint density at radius 2 is 1.78 bits per heavy atom. The van der Waals surface area contributed by atoms with Gasteiger partial charge in [-0.3, -0.25) is 4.79 Å². The Kier molecular flexibility index (Phi) is 4.95. The first-order valence-electron chi connectivity index (χ1n) is 6.47. The minimum atomic E-state index is -0.856. The van der Waals surface area contributed by atoms with E-state index < -0.39 is 5.41 Å². The lowest BCUT2D eigenvalue weighted by atomic mass is 9.79. The van der Waals surface area contributed by atoms with Gasteiger partial charge in [0.05, 0.1) is 0 Å². The van der Waals surface area contributed by atoms with Crippen molar-refractivity contribution < 1.29 is 10.0 Å². The first kappa shape index (κ1) is 14.8. The normalized spacial score (nSPS) is 19.1. The maximum atomic E-state index is 12.6. The van der Waals surface area contributed by atoms with Gasteiger partial charge in [-0.1, -0.05) is 19.0 Å². The van der Waals surface area contributed by atoms with Crippen molar-refractivity contribution >= 4 is 11.7 Å². The zero-order valence-corrected chi connectivity index (χ0v) is 11.5. The molecule has 0 spiro atoms. The highest BCUT2D eigenvalue weighted by Gasteiger charge is 2.42. The molecule has 6 heteroatoms. The van der Waals surface area contributed by atoms with Gasteiger partial charge >= 0.3 is 0 Å². The molecule has 0 aromatic heterocycles. The minimum absolute atomic E-state index is 0.0177. The number of amides is 1. The molecular formula is C12H24N4O2. The number of carbonyl (C=O) groups is 1. The molecule has 1 rings (SSSR count). The lowest BCUT2D eigenvalue weighted by Gasteiger charge is -2.39. The average Bonchev–Trinajstić information content (AvgIpc) is 2.41. The van der Waals surface area contributed by atoms with E-state index in [-0.39, 0.29) is 11.7 Å². The average molecular weight is 256 g/mol. The molecule has 0 unspecified atom stereocenters. The number of oxime groups is 1. The molecule has 6 nitrogen and oxygen atoms in total. The van der Waals surface area contributed by atoms with Crippen molar-refractivity contribution in [2.45, 2.75) is 26.7 Å². The van der Waals surface area contributed by atoms with Crippen LogP contribution < -0.4 is 5.73 Å². The van der Waals surface area contributed by atoms with Crippen molar-refractivity contribution in [3.8, 4) is 0 Å². The second kappa shape index (κ2) is 6.04. The van der Waals surface area contributed by atoms with Crippen LogP contribution in [0.25, 0.3) is 0 Å². The molecule has 0 bridgehead atoms. The minimum Gasteiger partial charge on any atom is -0.409 e. The molecule has 1 heterocycles. The van der Waals surface area contributed by atoms with Crippen LogP contribution in [0, 0.1) is 5.41 Å². The van der Waals surface area contributed by atoms with E-state index in [0.717, 1.165) is 13.1 Å². The van der Waals surface area contributed by atoms with E-state index in [1.54, 1.807) is 0 Å². The maximum absolute atomic E-state index is 12.6. The van der Waals surface area contributed by atoms with Gasteiger partial charge in [0.25, 0.3) is 0 Å². The molecule has 0 aromatic rings. The highest BCUT2D eigenvalue weighted by molar-refractivity contribution is 6.06. The molecule has 3 N–H and O–H groups in total. The first-order chi connectivity index (χ1) is 8.51. The van der Waals surface area contributed by atoms with E-state index in [0.29, 0.717) is 25.9 Å². The molecule has 0 saturated carbocycles. The third-order valence-electron chi connectivity index (χ3n) is 4.01. The lowest BCUT2D eigenvalue weighted by molar-refractivity contribution is -0.140. The van der Waals surface area contributed by atoms with Crippen molar-refractivity contribution in [2.75, 3.05) is 33.2 Å². The van der Waals surface area contributed by atoms with Crippen molar-refractivity contribution in [3.63, 3.8) is 0 Å². The second-order valence-corrected chi connectivity index (χ2v) is 4.87. The van der Waals surface area contributed by atoms with Crippen molar-refractivity contribution in [1.82, 2.24) is 9.80 Å². The molecule has 1 amide bonds. The molecule has 1 aliphatic heterocycles. The summed E-state index contributed by atoms with van der Waals surface area (Å²) in [6.07, 6.45) is 1.09. The van der Waals surface area contributed by atoms with E-state index in [2.05, 4.69) is 10.1 Å². The molecule has 0 atom stereocenters. The number of nitrogens with two attached hydrogens (primary N) is 1. The Hall–Kier alpha value is -1.30. The maximum Gasteiger partial charge on any atom is 0.236 e. The molecule has 104 valence electrons. The summed E-state index contributed by atoms with van der Waals surface area (Å²) < 4.78 is 0. The largest absolute Gasteiger partial charge is 0.409 e. The molecule has 1 aliphatic rings. The third-order valence-corrected chi connectivity index (χ3v) is 4.01. The molecule has 0 aliphatic carbocycles. The number of hydrogen-bond donors (Lipinski definition) is 2. The molecular weight excluding hydrogens is 232 g/mol. The van der Waals surface area contributed by atoms with Crippen molar-refractivity contribution in [1.29, 1.82) is 0 Å². The van der Waals surface area contributed by atoms with Gasteiger partial charge in [-0.25, -0.2) is 0 Å². The highest BCUT2D eigenvalue weighted by atomic mass is 16.4. The van der Waals surface area contributed by atoms with Gasteiger partial charge in [-0.2, -0.15) is 0 Å². The Balaban J connectivity index is 2.90. The van der Waals surface area contributed by atoms with Gasteiger partial charge in [-0.15, -0.1) is 0 Å². The van der Waals surface area contributed by atoms with Gasteiger partial charge in [0.2, 0.25) is 5.91 Å². The highest BCUT2D eigenvalue weighted by Crippen LogP contribution is 2.29. The lowest BCUT2D eigenvalue weighted by Crippen LogP contribution is -2.55. The second-order valence-electron chi connectivity index (χ2n) is 4.87. The fourth-order valence-electron chi connectivity index (χ4n) is 2.43. The summed E-state index contributed by atoms with van der Waals surface area (Å²) in [6.45, 7) is 6.94. The van der Waals surface area contributed by atoms with Gasteiger partial charge in [0.1, 0.15) is 5.41 Å². The van der Waals surface area contributed by atoms with Crippen LogP contribution in [0.15, 0.2) is 5.16 Å². The van der Waals surface area contributed by atoms with E-state index in [1.807, 2.05) is 25.8 Å². The predicted molar refractivity (Wildman–Crippen MR) is 70.5 cm³/mol. The van der Waals surface area contributed by atoms with Crippen molar-refractivity contribution in [2.24, 2.45) is 16.3 Å². The number of carbonyl (C=O) groups excluding carboxylic acids is 1. The number of likely N-dealkylation sites (N-methyl/N-ethyl adjacent to an activating group) is 1. The zero-order valence-electron chi connectivity index (χ0n) is 11.5. The van der Waals surface area contributed by atoms with Crippen LogP contribution in [0.1, 0.15) is 26.7 Å². The number of nitrogens with zero attached hydrogens (tertiary/aromatic N) is 3. The smallest absolute Gasteiger partial charge is 0.236 e. The molecule has 0 radical (unpaired) electrons. The summed E-state index contributed by atoms with van der Waals surface area (Å²) in [6, 6.07) is 0. The summed E-state index contributed by atoms with van der Waals surface area (Å²) in [5.41, 5.74) is 4.89. The van der Waals surface area contributed by atoms with Crippen LogP contribution in [0.3, 0.4) is 0 Å². The summed E-state index contributed by atoms with van der Waals surface area (Å²) >= 11 is 0. The van der Waals surface area contributed by atoms with Crippen LogP contribution in [0.5, 0.6) is 0 Å². The van der Waals surface area contributed by atoms with E-state index in [1.165, 1.54) is 0 Å². The Morgan fingerprint density at radius 1 is 1.28 bits per heavy atom.